The second-order valence-electron chi connectivity index (χ2n) is 8.03. The summed E-state index contributed by atoms with van der Waals surface area (Å²) >= 11 is 6.34. The van der Waals surface area contributed by atoms with Crippen molar-refractivity contribution in [3.63, 3.8) is 0 Å². The number of hydrogen-bond donors (Lipinski definition) is 0. The first-order valence-corrected chi connectivity index (χ1v) is 10.7. The van der Waals surface area contributed by atoms with E-state index in [1.807, 2.05) is 13.0 Å². The normalized spacial score (nSPS) is 29.8. The van der Waals surface area contributed by atoms with E-state index in [4.69, 9.17) is 16.3 Å². The highest BCUT2D eigenvalue weighted by Gasteiger charge is 2.31. The molecule has 0 N–H and O–H groups in total. The molecule has 2 fully saturated rings. The fraction of sp³-hybridized carbons (Fsp3) is 0.652. The van der Waals surface area contributed by atoms with Gasteiger partial charge in [-0.1, -0.05) is 29.8 Å². The van der Waals surface area contributed by atoms with Crippen LogP contribution in [-0.4, -0.2) is 6.61 Å². The van der Waals surface area contributed by atoms with Gasteiger partial charge in [0.05, 0.1) is 11.6 Å². The lowest BCUT2D eigenvalue weighted by Gasteiger charge is -2.37. The Morgan fingerprint density at radius 1 is 1.04 bits per heavy atom. The molecule has 0 radical (unpaired) electrons. The maximum atomic E-state index is 14.4. The van der Waals surface area contributed by atoms with Gasteiger partial charge in [0.1, 0.15) is 0 Å². The van der Waals surface area contributed by atoms with Gasteiger partial charge < -0.3 is 4.74 Å². The zero-order chi connectivity index (χ0) is 18.5. The van der Waals surface area contributed by atoms with Crippen molar-refractivity contribution in [2.45, 2.75) is 71.1 Å². The van der Waals surface area contributed by atoms with E-state index in [1.54, 1.807) is 6.07 Å². The highest BCUT2D eigenvalue weighted by molar-refractivity contribution is 6.31. The summed E-state index contributed by atoms with van der Waals surface area (Å²) in [4.78, 5) is 0. The molecule has 144 valence electrons. The van der Waals surface area contributed by atoms with Gasteiger partial charge in [-0.05, 0) is 101 Å². The van der Waals surface area contributed by atoms with Crippen LogP contribution in [0.5, 0.6) is 5.75 Å². The Balaban J connectivity index is 1.57. The monoisotopic (exact) mass is 378 g/mol. The van der Waals surface area contributed by atoms with E-state index in [2.05, 4.69) is 19.1 Å². The van der Waals surface area contributed by atoms with Gasteiger partial charge in [-0.3, -0.25) is 0 Å². The molecule has 0 atom stereocenters. The number of halogens is 2. The molecule has 1 nitrogen and oxygen atoms in total. The molecule has 0 aliphatic heterocycles. The molecule has 0 spiro atoms. The largest absolute Gasteiger partial charge is 0.491 e. The van der Waals surface area contributed by atoms with E-state index in [1.165, 1.54) is 38.5 Å². The lowest BCUT2D eigenvalue weighted by molar-refractivity contribution is 0.171. The first kappa shape index (κ1) is 19.7. The van der Waals surface area contributed by atoms with Crippen molar-refractivity contribution in [3.05, 3.63) is 40.7 Å². The predicted octanol–water partition coefficient (Wildman–Crippen LogP) is 7.53. The van der Waals surface area contributed by atoms with Gasteiger partial charge in [-0.15, -0.1) is 0 Å². The molecule has 3 rings (SSSR count). The van der Waals surface area contributed by atoms with Crippen LogP contribution in [-0.2, 0) is 0 Å². The van der Waals surface area contributed by atoms with Crippen LogP contribution in [0.1, 0.15) is 76.7 Å². The number of ether oxygens (including phenoxy) is 1. The molecule has 2 aliphatic rings. The van der Waals surface area contributed by atoms with Crippen molar-refractivity contribution >= 4 is 11.6 Å². The minimum absolute atomic E-state index is 0.270. The van der Waals surface area contributed by atoms with E-state index in [0.29, 0.717) is 12.5 Å². The Labute approximate surface area is 163 Å². The Morgan fingerprint density at radius 3 is 2.23 bits per heavy atom. The fourth-order valence-corrected chi connectivity index (χ4v) is 5.42. The predicted molar refractivity (Wildman–Crippen MR) is 108 cm³/mol. The van der Waals surface area contributed by atoms with Crippen LogP contribution in [0.15, 0.2) is 24.3 Å². The Morgan fingerprint density at radius 2 is 1.65 bits per heavy atom. The number of hydrogen-bond acceptors (Lipinski definition) is 1. The molecule has 0 aromatic heterocycles. The zero-order valence-corrected chi connectivity index (χ0v) is 16.9. The fourth-order valence-electron chi connectivity index (χ4n) is 5.11. The van der Waals surface area contributed by atoms with Crippen molar-refractivity contribution in [1.82, 2.24) is 0 Å². The van der Waals surface area contributed by atoms with Crippen LogP contribution in [0.4, 0.5) is 4.39 Å². The third-order valence-corrected chi connectivity index (χ3v) is 6.92. The lowest BCUT2D eigenvalue weighted by atomic mass is 9.68. The Bertz CT molecular complexity index is 611. The minimum Gasteiger partial charge on any atom is -0.491 e. The molecule has 0 unspecified atom stereocenters. The van der Waals surface area contributed by atoms with Gasteiger partial charge in [0.15, 0.2) is 11.6 Å². The average Bonchev–Trinajstić information content (AvgIpc) is 2.67. The SMILES string of the molecule is CC=CC1CCC(C2CCC(c3ccc(OCC)c(F)c3Cl)CC2)CC1. The molecule has 1 aromatic rings. The van der Waals surface area contributed by atoms with Crippen molar-refractivity contribution in [2.75, 3.05) is 6.61 Å². The molecule has 0 saturated heterocycles. The average molecular weight is 379 g/mol. The molecular formula is C23H32ClFO. The highest BCUT2D eigenvalue weighted by atomic mass is 35.5. The lowest BCUT2D eigenvalue weighted by Crippen LogP contribution is -2.25. The van der Waals surface area contributed by atoms with Crippen LogP contribution in [0.25, 0.3) is 0 Å². The number of allylic oxidation sites excluding steroid dienone is 2. The first-order valence-electron chi connectivity index (χ1n) is 10.4. The van der Waals surface area contributed by atoms with Crippen molar-refractivity contribution in [1.29, 1.82) is 0 Å². The molecule has 26 heavy (non-hydrogen) atoms. The third-order valence-electron chi connectivity index (χ3n) is 6.54. The van der Waals surface area contributed by atoms with Crippen LogP contribution < -0.4 is 4.74 Å². The van der Waals surface area contributed by atoms with E-state index in [-0.39, 0.29) is 10.8 Å². The zero-order valence-electron chi connectivity index (χ0n) is 16.1. The summed E-state index contributed by atoms with van der Waals surface area (Å²) < 4.78 is 19.7. The molecule has 2 saturated carbocycles. The number of benzene rings is 1. The maximum Gasteiger partial charge on any atom is 0.183 e. The first-order chi connectivity index (χ1) is 12.6. The summed E-state index contributed by atoms with van der Waals surface area (Å²) in [5, 5.41) is 0.270. The van der Waals surface area contributed by atoms with E-state index < -0.39 is 5.82 Å². The van der Waals surface area contributed by atoms with Gasteiger partial charge in [0.2, 0.25) is 0 Å². The molecule has 0 bridgehead atoms. The molecular weight excluding hydrogens is 347 g/mol. The Kier molecular flexibility index (Phi) is 7.03. The number of rotatable bonds is 5. The van der Waals surface area contributed by atoms with Gasteiger partial charge in [-0.2, -0.15) is 0 Å². The van der Waals surface area contributed by atoms with Gasteiger partial charge >= 0.3 is 0 Å². The van der Waals surface area contributed by atoms with Crippen LogP contribution in [0.3, 0.4) is 0 Å². The summed E-state index contributed by atoms with van der Waals surface area (Å²) in [6, 6.07) is 3.72. The van der Waals surface area contributed by atoms with Crippen molar-refractivity contribution in [3.8, 4) is 5.75 Å². The standard InChI is InChI=1S/C23H32ClFO/c1-3-5-16-6-8-17(9-7-16)18-10-12-19(13-11-18)20-14-15-21(26-4-2)23(25)22(20)24/h3,5,14-19H,4,6-13H2,1-2H3. The third kappa shape index (κ3) is 4.44. The molecule has 2 aliphatic carbocycles. The Hall–Kier alpha value is -1.02. The van der Waals surface area contributed by atoms with Gasteiger partial charge in [0, 0.05) is 0 Å². The smallest absolute Gasteiger partial charge is 0.183 e. The second-order valence-corrected chi connectivity index (χ2v) is 8.40. The van der Waals surface area contributed by atoms with Crippen LogP contribution in [0, 0.1) is 23.6 Å². The summed E-state index contributed by atoms with van der Waals surface area (Å²) in [6.45, 7) is 4.44. The molecule has 1 aromatic carbocycles. The molecule has 0 amide bonds. The van der Waals surface area contributed by atoms with E-state index >= 15 is 0 Å². The van der Waals surface area contributed by atoms with Crippen molar-refractivity contribution in [2.24, 2.45) is 17.8 Å². The summed E-state index contributed by atoms with van der Waals surface area (Å²) in [5.41, 5.74) is 0.975. The minimum atomic E-state index is -0.393. The maximum absolute atomic E-state index is 14.4. The quantitative estimate of drug-likeness (QED) is 0.481. The summed E-state index contributed by atoms with van der Waals surface area (Å²) in [7, 11) is 0. The van der Waals surface area contributed by atoms with E-state index in [9.17, 15) is 4.39 Å². The van der Waals surface area contributed by atoms with Crippen molar-refractivity contribution < 1.29 is 9.13 Å². The van der Waals surface area contributed by atoms with Gasteiger partial charge in [-0.25, -0.2) is 4.39 Å². The van der Waals surface area contributed by atoms with Crippen LogP contribution in [0.2, 0.25) is 5.02 Å². The second kappa shape index (κ2) is 9.26. The summed E-state index contributed by atoms with van der Waals surface area (Å²) in [6.07, 6.45) is 14.8. The highest BCUT2D eigenvalue weighted by Crippen LogP contribution is 2.46. The summed E-state index contributed by atoms with van der Waals surface area (Å²) in [5.74, 6) is 2.82. The molecule has 0 heterocycles. The molecule has 3 heteroatoms. The van der Waals surface area contributed by atoms with Gasteiger partial charge in [0.25, 0.3) is 0 Å². The topological polar surface area (TPSA) is 9.23 Å². The van der Waals surface area contributed by atoms with Crippen LogP contribution >= 0.6 is 11.6 Å². The van der Waals surface area contributed by atoms with E-state index in [0.717, 1.165) is 36.2 Å².